The van der Waals surface area contributed by atoms with Crippen LogP contribution in [-0.2, 0) is 23.9 Å². The number of terminal acetylenes is 1. The summed E-state index contributed by atoms with van der Waals surface area (Å²) in [7, 11) is 1.21. The number of hydrogen-bond donors (Lipinski definition) is 2. The smallest absolute Gasteiger partial charge is 0.408 e. The third kappa shape index (κ3) is 10.5. The lowest BCUT2D eigenvalue weighted by Crippen LogP contribution is -2.49. The van der Waals surface area contributed by atoms with Crippen LogP contribution in [0.1, 0.15) is 70.5 Å². The fraction of sp³-hybridized carbons (Fsp3) is 0.538. The van der Waals surface area contributed by atoms with E-state index in [2.05, 4.69) is 28.2 Å². The maximum Gasteiger partial charge on any atom is 0.408 e. The van der Waals surface area contributed by atoms with Crippen LogP contribution in [0.2, 0.25) is 0 Å². The summed E-state index contributed by atoms with van der Waals surface area (Å²) in [5.41, 5.74) is 0.158. The van der Waals surface area contributed by atoms with Gasteiger partial charge in [-0.15, -0.1) is 6.42 Å². The number of nitrogens with one attached hydrogen (secondary N) is 2. The number of nitrogens with zero attached hydrogens (tertiary/aromatic N) is 1. The van der Waals surface area contributed by atoms with Gasteiger partial charge in [-0.3, -0.25) is 14.4 Å². The van der Waals surface area contributed by atoms with Crippen molar-refractivity contribution >= 4 is 23.9 Å². The molecule has 0 heterocycles. The minimum Gasteiger partial charge on any atom is -0.468 e. The van der Waals surface area contributed by atoms with Crippen LogP contribution in [0, 0.1) is 12.3 Å². The number of benzene rings is 1. The van der Waals surface area contributed by atoms with Gasteiger partial charge in [0, 0.05) is 12.1 Å². The quantitative estimate of drug-likeness (QED) is 0.266. The first-order valence-corrected chi connectivity index (χ1v) is 11.7. The number of amides is 3. The van der Waals surface area contributed by atoms with Crippen LogP contribution >= 0.6 is 0 Å². The Morgan fingerprint density at radius 3 is 2.34 bits per heavy atom. The van der Waals surface area contributed by atoms with Crippen molar-refractivity contribution in [3.63, 3.8) is 0 Å². The average Bonchev–Trinajstić information content (AvgIpc) is 2.81. The molecule has 192 valence electrons. The van der Waals surface area contributed by atoms with Crippen LogP contribution in [0.25, 0.3) is 0 Å². The Hall–Kier alpha value is -3.54. The molecule has 2 N–H and O–H groups in total. The molecule has 1 unspecified atom stereocenters. The van der Waals surface area contributed by atoms with E-state index in [0.717, 1.165) is 19.3 Å². The van der Waals surface area contributed by atoms with Gasteiger partial charge in [-0.05, 0) is 38.8 Å². The second-order valence-corrected chi connectivity index (χ2v) is 8.93. The topological polar surface area (TPSA) is 114 Å². The number of esters is 1. The molecule has 0 aliphatic heterocycles. The standard InChI is InChI=1S/C26H37N3O6/c1-7-9-10-13-16-29(21(30)17-28-25(33)35-26(3,4)5)23(24(32)27-18-22(31)34-6)20-15-12-11-14-19(20)8-2/h2,11-12,14-15,23H,7,9-10,13,16-18H2,1,3-6H3,(H,27,32)(H,28,33). The molecule has 0 aliphatic rings. The van der Waals surface area contributed by atoms with Gasteiger partial charge in [0.1, 0.15) is 24.7 Å². The van der Waals surface area contributed by atoms with Crippen LogP contribution in [0.3, 0.4) is 0 Å². The van der Waals surface area contributed by atoms with E-state index in [4.69, 9.17) is 11.2 Å². The number of carbonyl (C=O) groups excluding carboxylic acids is 4. The van der Waals surface area contributed by atoms with E-state index in [9.17, 15) is 19.2 Å². The van der Waals surface area contributed by atoms with E-state index in [1.54, 1.807) is 45.0 Å². The molecule has 1 atom stereocenters. The van der Waals surface area contributed by atoms with Gasteiger partial charge in [-0.25, -0.2) is 4.79 Å². The van der Waals surface area contributed by atoms with Gasteiger partial charge in [-0.2, -0.15) is 0 Å². The SMILES string of the molecule is C#Cc1ccccc1C(C(=O)NCC(=O)OC)N(CCCCCC)C(=O)CNC(=O)OC(C)(C)C. The van der Waals surface area contributed by atoms with Crippen molar-refractivity contribution in [3.05, 3.63) is 35.4 Å². The van der Waals surface area contributed by atoms with E-state index in [1.807, 2.05) is 0 Å². The summed E-state index contributed by atoms with van der Waals surface area (Å²) in [6.07, 6.45) is 8.40. The van der Waals surface area contributed by atoms with Crippen molar-refractivity contribution in [2.24, 2.45) is 0 Å². The summed E-state index contributed by atoms with van der Waals surface area (Å²) in [6, 6.07) is 5.69. The third-order valence-corrected chi connectivity index (χ3v) is 4.96. The maximum atomic E-state index is 13.3. The molecule has 0 radical (unpaired) electrons. The lowest BCUT2D eigenvalue weighted by atomic mass is 9.97. The summed E-state index contributed by atoms with van der Waals surface area (Å²) < 4.78 is 9.82. The molecule has 35 heavy (non-hydrogen) atoms. The van der Waals surface area contributed by atoms with Gasteiger partial charge in [-0.1, -0.05) is 50.3 Å². The van der Waals surface area contributed by atoms with Gasteiger partial charge < -0.3 is 25.0 Å². The molecular formula is C26H37N3O6. The Labute approximate surface area is 207 Å². The Morgan fingerprint density at radius 2 is 1.74 bits per heavy atom. The summed E-state index contributed by atoms with van der Waals surface area (Å²) in [4.78, 5) is 51.7. The number of ether oxygens (including phenoxy) is 2. The molecule has 1 aromatic rings. The van der Waals surface area contributed by atoms with Crippen molar-refractivity contribution in [3.8, 4) is 12.3 Å². The van der Waals surface area contributed by atoms with Crippen molar-refractivity contribution < 1.29 is 28.7 Å². The van der Waals surface area contributed by atoms with E-state index in [1.165, 1.54) is 12.0 Å². The third-order valence-electron chi connectivity index (χ3n) is 4.96. The summed E-state index contributed by atoms with van der Waals surface area (Å²) >= 11 is 0. The molecule has 0 saturated heterocycles. The van der Waals surface area contributed by atoms with Crippen LogP contribution in [0.4, 0.5) is 4.79 Å². The summed E-state index contributed by atoms with van der Waals surface area (Å²) in [6.45, 7) is 6.73. The predicted molar refractivity (Wildman–Crippen MR) is 132 cm³/mol. The highest BCUT2D eigenvalue weighted by molar-refractivity contribution is 5.92. The molecule has 1 rings (SSSR count). The minimum atomic E-state index is -1.11. The van der Waals surface area contributed by atoms with Gasteiger partial charge >= 0.3 is 12.1 Å². The number of unbranched alkanes of at least 4 members (excludes halogenated alkanes) is 3. The zero-order chi connectivity index (χ0) is 26.4. The molecule has 0 aliphatic carbocycles. The second-order valence-electron chi connectivity index (χ2n) is 8.93. The molecule has 3 amide bonds. The largest absolute Gasteiger partial charge is 0.468 e. The van der Waals surface area contributed by atoms with Gasteiger partial charge in [0.2, 0.25) is 11.8 Å². The number of alkyl carbamates (subject to hydrolysis) is 1. The fourth-order valence-electron chi connectivity index (χ4n) is 3.32. The monoisotopic (exact) mass is 487 g/mol. The van der Waals surface area contributed by atoms with Crippen molar-refractivity contribution in [1.82, 2.24) is 15.5 Å². The number of carbonyl (C=O) groups is 4. The molecule has 0 bridgehead atoms. The summed E-state index contributed by atoms with van der Waals surface area (Å²) in [5.74, 6) is 0.851. The van der Waals surface area contributed by atoms with Crippen LogP contribution in [-0.4, -0.2) is 61.1 Å². The molecule has 0 fully saturated rings. The molecule has 0 aromatic heterocycles. The maximum absolute atomic E-state index is 13.3. The highest BCUT2D eigenvalue weighted by atomic mass is 16.6. The Balaban J connectivity index is 3.29. The van der Waals surface area contributed by atoms with Crippen molar-refractivity contribution in [2.75, 3.05) is 26.7 Å². The lowest BCUT2D eigenvalue weighted by molar-refractivity contribution is -0.143. The predicted octanol–water partition coefficient (Wildman–Crippen LogP) is 2.93. The molecule has 0 saturated carbocycles. The Morgan fingerprint density at radius 1 is 1.06 bits per heavy atom. The highest BCUT2D eigenvalue weighted by Crippen LogP contribution is 2.25. The van der Waals surface area contributed by atoms with E-state index < -0.39 is 35.5 Å². The Bertz CT molecular complexity index is 916. The van der Waals surface area contributed by atoms with Crippen LogP contribution in [0.15, 0.2) is 24.3 Å². The van der Waals surface area contributed by atoms with Crippen molar-refractivity contribution in [2.45, 2.75) is 65.0 Å². The van der Waals surface area contributed by atoms with Gasteiger partial charge in [0.15, 0.2) is 0 Å². The molecule has 1 aromatic carbocycles. The van der Waals surface area contributed by atoms with E-state index in [-0.39, 0.29) is 19.6 Å². The zero-order valence-corrected chi connectivity index (χ0v) is 21.3. The average molecular weight is 488 g/mol. The highest BCUT2D eigenvalue weighted by Gasteiger charge is 2.33. The fourth-order valence-corrected chi connectivity index (χ4v) is 3.32. The first kappa shape index (κ1) is 29.5. The van der Waals surface area contributed by atoms with Crippen LogP contribution in [0.5, 0.6) is 0 Å². The first-order valence-electron chi connectivity index (χ1n) is 11.7. The van der Waals surface area contributed by atoms with Gasteiger partial charge in [0.25, 0.3) is 0 Å². The van der Waals surface area contributed by atoms with E-state index in [0.29, 0.717) is 17.5 Å². The minimum absolute atomic E-state index is 0.254. The molecule has 9 heteroatoms. The molecule has 0 spiro atoms. The van der Waals surface area contributed by atoms with E-state index >= 15 is 0 Å². The van der Waals surface area contributed by atoms with Crippen molar-refractivity contribution in [1.29, 1.82) is 0 Å². The lowest BCUT2D eigenvalue weighted by Gasteiger charge is -2.32. The van der Waals surface area contributed by atoms with Gasteiger partial charge in [0.05, 0.1) is 7.11 Å². The summed E-state index contributed by atoms with van der Waals surface area (Å²) in [5, 5.41) is 4.98. The number of rotatable bonds is 12. The number of hydrogen-bond acceptors (Lipinski definition) is 6. The normalized spacial score (nSPS) is 11.5. The second kappa shape index (κ2) is 14.7. The Kier molecular flexibility index (Phi) is 12.4. The number of methoxy groups -OCH3 is 1. The zero-order valence-electron chi connectivity index (χ0n) is 21.3. The molecule has 9 nitrogen and oxygen atoms in total. The van der Waals surface area contributed by atoms with Crippen LogP contribution < -0.4 is 10.6 Å². The first-order chi connectivity index (χ1) is 16.5. The molecular weight excluding hydrogens is 450 g/mol.